The van der Waals surface area contributed by atoms with Crippen molar-refractivity contribution in [3.63, 3.8) is 0 Å². The molecule has 2 N–H and O–H groups in total. The molecule has 0 fully saturated rings. The van der Waals surface area contributed by atoms with Gasteiger partial charge in [-0.3, -0.25) is 0 Å². The van der Waals surface area contributed by atoms with Crippen LogP contribution in [0.4, 0.5) is 0 Å². The second kappa shape index (κ2) is 16.4. The predicted octanol–water partition coefficient (Wildman–Crippen LogP) is -1.74. The standard InChI is InChI=1S/Cr.La.H2O.Sr.2H/h;;1H2;;;. The second-order valence-electron chi connectivity index (χ2n) is 0. The van der Waals surface area contributed by atoms with Crippen molar-refractivity contribution in [3.05, 3.63) is 0 Å². The van der Waals surface area contributed by atoms with E-state index >= 15 is 0 Å². The topological polar surface area (TPSA) is 31.5 Å². The first-order chi connectivity index (χ1) is 0. The van der Waals surface area contributed by atoms with E-state index in [1.165, 1.54) is 0 Å². The van der Waals surface area contributed by atoms with Gasteiger partial charge in [0.05, 0.1) is 0 Å². The fourth-order valence-electron chi connectivity index (χ4n) is 0. The van der Waals surface area contributed by atoms with Crippen LogP contribution in [0.5, 0.6) is 0 Å². The third kappa shape index (κ3) is 8.95. The molecule has 0 aromatic heterocycles. The number of hydrogen-bond acceptors (Lipinski definition) is 0. The Hall–Kier alpha value is 3.17. The van der Waals surface area contributed by atoms with E-state index in [2.05, 4.69) is 0 Å². The van der Waals surface area contributed by atoms with E-state index in [1.54, 1.807) is 0 Å². The van der Waals surface area contributed by atoms with E-state index in [0.717, 1.165) is 0 Å². The Kier molecular flexibility index (Phi) is 112. The van der Waals surface area contributed by atoms with Crippen molar-refractivity contribution in [2.75, 3.05) is 0 Å². The molecular formula is H4CrLaOSr. The maximum absolute atomic E-state index is 0. The average Bonchev–Trinajstić information content (AvgIpc) is 0. The molecule has 21 valence electrons. The van der Waals surface area contributed by atoms with Crippen LogP contribution in [0, 0.1) is 35.6 Å². The van der Waals surface area contributed by atoms with Gasteiger partial charge >= 0.3 is 45.5 Å². The minimum absolute atomic E-state index is 0. The van der Waals surface area contributed by atoms with Gasteiger partial charge in [0, 0.05) is 53.0 Å². The molecule has 4 heteroatoms. The summed E-state index contributed by atoms with van der Waals surface area (Å²) in [6.45, 7) is 0. The summed E-state index contributed by atoms with van der Waals surface area (Å²) < 4.78 is 0. The Bertz CT molecular complexity index is 8.00. The molecule has 0 aromatic carbocycles. The van der Waals surface area contributed by atoms with Crippen LogP contribution in [0.25, 0.3) is 0 Å². The van der Waals surface area contributed by atoms with Crippen molar-refractivity contribution < 1.29 is 58.4 Å². The van der Waals surface area contributed by atoms with Gasteiger partial charge in [-0.05, 0) is 0 Å². The van der Waals surface area contributed by atoms with E-state index in [4.69, 9.17) is 0 Å². The first-order valence-electron chi connectivity index (χ1n) is 0. The zero-order chi connectivity index (χ0) is 0. The van der Waals surface area contributed by atoms with Crippen LogP contribution < -0.4 is 0 Å². The average molecular weight is 299 g/mol. The molecule has 0 aromatic rings. The summed E-state index contributed by atoms with van der Waals surface area (Å²) in [4.78, 5) is 0. The first kappa shape index (κ1) is 27.2. The van der Waals surface area contributed by atoms with Gasteiger partial charge in [0.15, 0.2) is 0 Å². The third-order valence-electron chi connectivity index (χ3n) is 0. The molecular weight excluding hydrogens is 295 g/mol. The molecule has 0 bridgehead atoms. The van der Waals surface area contributed by atoms with Crippen molar-refractivity contribution in [2.24, 2.45) is 0 Å². The summed E-state index contributed by atoms with van der Waals surface area (Å²) in [7, 11) is 0. The Morgan fingerprint density at radius 1 is 1.00 bits per heavy atom. The normalized spacial score (nSPS) is 0. The molecule has 4 heavy (non-hydrogen) atoms. The van der Waals surface area contributed by atoms with Crippen molar-refractivity contribution in [2.45, 2.75) is 0 Å². The Balaban J connectivity index is 0. The van der Waals surface area contributed by atoms with E-state index in [0.29, 0.717) is 0 Å². The first-order valence-corrected chi connectivity index (χ1v) is 0. The maximum atomic E-state index is 0. The van der Waals surface area contributed by atoms with Gasteiger partial charge in [0.1, 0.15) is 0 Å². The number of hydrogen-bond donors (Lipinski definition) is 0. The van der Waals surface area contributed by atoms with Crippen LogP contribution in [0.3, 0.4) is 0 Å². The third-order valence-corrected chi connectivity index (χ3v) is 0. The molecule has 0 unspecified atom stereocenters. The van der Waals surface area contributed by atoms with Crippen molar-refractivity contribution in [1.82, 2.24) is 0 Å². The zero-order valence-corrected chi connectivity index (χ0v) is 6.39. The SMILES string of the molecule is O.[Cr].[La].[SrH2]. The quantitative estimate of drug-likeness (QED) is 0.476. The van der Waals surface area contributed by atoms with Gasteiger partial charge in [-0.1, -0.05) is 0 Å². The number of rotatable bonds is 0. The fourth-order valence-corrected chi connectivity index (χ4v) is 0. The molecule has 0 aliphatic heterocycles. The van der Waals surface area contributed by atoms with E-state index < -0.39 is 0 Å². The summed E-state index contributed by atoms with van der Waals surface area (Å²) in [5.74, 6) is 0. The Labute approximate surface area is 101 Å². The summed E-state index contributed by atoms with van der Waals surface area (Å²) >= 11 is 0. The van der Waals surface area contributed by atoms with E-state index in [1.807, 2.05) is 0 Å². The Morgan fingerprint density at radius 2 is 1.00 bits per heavy atom. The van der Waals surface area contributed by atoms with E-state index in [9.17, 15) is 0 Å². The summed E-state index contributed by atoms with van der Waals surface area (Å²) in [6.07, 6.45) is 0. The van der Waals surface area contributed by atoms with Crippen LogP contribution in [0.2, 0.25) is 0 Å². The van der Waals surface area contributed by atoms with Crippen molar-refractivity contribution in [1.29, 1.82) is 0 Å². The van der Waals surface area contributed by atoms with Gasteiger partial charge in [0.25, 0.3) is 0 Å². The van der Waals surface area contributed by atoms with Gasteiger partial charge in [-0.25, -0.2) is 0 Å². The van der Waals surface area contributed by atoms with Gasteiger partial charge in [-0.15, -0.1) is 0 Å². The zero-order valence-electron chi connectivity index (χ0n) is 1.49. The summed E-state index contributed by atoms with van der Waals surface area (Å²) in [5, 5.41) is 0. The molecule has 0 saturated heterocycles. The molecule has 1 radical (unpaired) electrons. The van der Waals surface area contributed by atoms with Crippen LogP contribution >= 0.6 is 0 Å². The molecule has 0 saturated carbocycles. The monoisotopic (exact) mass is 299 g/mol. The molecule has 0 aliphatic rings. The molecule has 0 atom stereocenters. The van der Waals surface area contributed by atoms with Gasteiger partial charge < -0.3 is 5.48 Å². The predicted molar refractivity (Wildman–Crippen MR) is 12.2 cm³/mol. The van der Waals surface area contributed by atoms with Crippen molar-refractivity contribution in [3.8, 4) is 0 Å². The van der Waals surface area contributed by atoms with Crippen molar-refractivity contribution >= 4 is 45.5 Å². The molecule has 0 amide bonds. The van der Waals surface area contributed by atoms with Gasteiger partial charge in [-0.2, -0.15) is 0 Å². The second-order valence-corrected chi connectivity index (χ2v) is 0. The molecule has 0 aliphatic carbocycles. The van der Waals surface area contributed by atoms with Crippen LogP contribution in [0.15, 0.2) is 0 Å². The van der Waals surface area contributed by atoms with Gasteiger partial charge in [0.2, 0.25) is 0 Å². The molecule has 0 rings (SSSR count). The summed E-state index contributed by atoms with van der Waals surface area (Å²) in [6, 6.07) is 0. The Morgan fingerprint density at radius 3 is 1.00 bits per heavy atom. The molecule has 0 spiro atoms. The van der Waals surface area contributed by atoms with Crippen LogP contribution in [0.1, 0.15) is 0 Å². The van der Waals surface area contributed by atoms with Crippen LogP contribution in [-0.2, 0) is 17.4 Å². The fraction of sp³-hybridized carbons (Fsp3) is 0. The minimum atomic E-state index is 0. The summed E-state index contributed by atoms with van der Waals surface area (Å²) in [5.41, 5.74) is 0. The van der Waals surface area contributed by atoms with E-state index in [-0.39, 0.29) is 104 Å². The molecule has 1 nitrogen and oxygen atoms in total. The van der Waals surface area contributed by atoms with Crippen LogP contribution in [-0.4, -0.2) is 51.0 Å². The molecule has 0 heterocycles.